The van der Waals surface area contributed by atoms with Crippen LogP contribution in [0.1, 0.15) is 13.3 Å². The van der Waals surface area contributed by atoms with Crippen molar-refractivity contribution in [3.63, 3.8) is 0 Å². The van der Waals surface area contributed by atoms with E-state index in [0.717, 1.165) is 25.3 Å². The summed E-state index contributed by atoms with van der Waals surface area (Å²) in [7, 11) is 0. The van der Waals surface area contributed by atoms with Gasteiger partial charge in [0.15, 0.2) is 11.6 Å². The largest absolute Gasteiger partial charge is 0.352 e. The molecule has 0 saturated carbocycles. The second-order valence-electron chi connectivity index (χ2n) is 4.31. The fourth-order valence-electron chi connectivity index (χ4n) is 1.85. The lowest BCUT2D eigenvalue weighted by atomic mass is 10.3. The molecule has 2 amide bonds. The predicted molar refractivity (Wildman–Crippen MR) is 70.8 cm³/mol. The first-order chi connectivity index (χ1) is 9.22. The molecule has 0 atom stereocenters. The van der Waals surface area contributed by atoms with Gasteiger partial charge in [0.25, 0.3) is 0 Å². The summed E-state index contributed by atoms with van der Waals surface area (Å²) in [6, 6.07) is 3.57. The third kappa shape index (κ3) is 3.40. The maximum absolute atomic E-state index is 11.2. The van der Waals surface area contributed by atoms with Crippen molar-refractivity contribution < 1.29 is 9.59 Å². The number of aromatic nitrogens is 2. The van der Waals surface area contributed by atoms with Crippen LogP contribution >= 0.6 is 0 Å². The number of carbonyl (C=O) groups excluding carboxylic acids is 2. The van der Waals surface area contributed by atoms with Crippen LogP contribution in [-0.4, -0.2) is 53.6 Å². The first-order valence-electron chi connectivity index (χ1n) is 6.31. The van der Waals surface area contributed by atoms with Crippen molar-refractivity contribution in [3.05, 3.63) is 12.1 Å². The predicted octanol–water partition coefficient (Wildman–Crippen LogP) is 0.103. The lowest BCUT2D eigenvalue weighted by molar-refractivity contribution is -0.118. The van der Waals surface area contributed by atoms with E-state index in [-0.39, 0.29) is 5.91 Å². The molecule has 7 heteroatoms. The van der Waals surface area contributed by atoms with Gasteiger partial charge in [0, 0.05) is 32.6 Å². The third-order valence-corrected chi connectivity index (χ3v) is 3.03. The quantitative estimate of drug-likeness (QED) is 0.780. The number of nitrogens with one attached hydrogen (secondary N) is 1. The van der Waals surface area contributed by atoms with E-state index >= 15 is 0 Å². The fraction of sp³-hybridized carbons (Fsp3) is 0.500. The molecular formula is C12H17N5O2. The SMILES string of the molecule is CCC(=O)Nc1ccc(N2CCN(C=O)CC2)nn1. The van der Waals surface area contributed by atoms with Crippen LogP contribution in [0.25, 0.3) is 0 Å². The molecule has 1 aromatic heterocycles. The van der Waals surface area contributed by atoms with Gasteiger partial charge in [0.1, 0.15) is 0 Å². The second kappa shape index (κ2) is 6.12. The molecule has 0 radical (unpaired) electrons. The number of hydrogen-bond donors (Lipinski definition) is 1. The van der Waals surface area contributed by atoms with Gasteiger partial charge in [-0.15, -0.1) is 10.2 Å². The van der Waals surface area contributed by atoms with Gasteiger partial charge in [-0.05, 0) is 12.1 Å². The average molecular weight is 263 g/mol. The minimum atomic E-state index is -0.0818. The summed E-state index contributed by atoms with van der Waals surface area (Å²) in [5.74, 6) is 1.14. The first-order valence-corrected chi connectivity index (χ1v) is 6.31. The van der Waals surface area contributed by atoms with E-state index < -0.39 is 0 Å². The molecule has 1 fully saturated rings. The van der Waals surface area contributed by atoms with Gasteiger partial charge in [0.05, 0.1) is 0 Å². The Hall–Kier alpha value is -2.18. The molecule has 102 valence electrons. The Morgan fingerprint density at radius 2 is 2.05 bits per heavy atom. The molecule has 0 bridgehead atoms. The Morgan fingerprint density at radius 3 is 2.58 bits per heavy atom. The van der Waals surface area contributed by atoms with E-state index in [1.807, 2.05) is 6.07 Å². The van der Waals surface area contributed by atoms with Crippen LogP contribution in [0.5, 0.6) is 0 Å². The van der Waals surface area contributed by atoms with Crippen molar-refractivity contribution in [3.8, 4) is 0 Å². The summed E-state index contributed by atoms with van der Waals surface area (Å²) in [6.45, 7) is 4.66. The van der Waals surface area contributed by atoms with Crippen LogP contribution in [0.15, 0.2) is 12.1 Å². The summed E-state index contributed by atoms with van der Waals surface area (Å²) in [5.41, 5.74) is 0. The Balaban J connectivity index is 1.95. The minimum absolute atomic E-state index is 0.0818. The van der Waals surface area contributed by atoms with E-state index in [1.165, 1.54) is 0 Å². The summed E-state index contributed by atoms with van der Waals surface area (Å²) >= 11 is 0. The monoisotopic (exact) mass is 263 g/mol. The molecule has 7 nitrogen and oxygen atoms in total. The lowest BCUT2D eigenvalue weighted by Gasteiger charge is -2.32. The van der Waals surface area contributed by atoms with E-state index in [9.17, 15) is 9.59 Å². The molecule has 1 saturated heterocycles. The van der Waals surface area contributed by atoms with Crippen molar-refractivity contribution in [1.29, 1.82) is 0 Å². The van der Waals surface area contributed by atoms with Crippen molar-refractivity contribution in [2.24, 2.45) is 0 Å². The molecule has 2 heterocycles. The third-order valence-electron chi connectivity index (χ3n) is 3.03. The number of carbonyl (C=O) groups is 2. The smallest absolute Gasteiger partial charge is 0.225 e. The zero-order chi connectivity index (χ0) is 13.7. The highest BCUT2D eigenvalue weighted by molar-refractivity contribution is 5.89. The molecule has 1 aliphatic heterocycles. The molecule has 0 aliphatic carbocycles. The van der Waals surface area contributed by atoms with Crippen molar-refractivity contribution in [1.82, 2.24) is 15.1 Å². The molecule has 1 N–H and O–H groups in total. The van der Waals surface area contributed by atoms with Crippen LogP contribution in [0.2, 0.25) is 0 Å². The van der Waals surface area contributed by atoms with Crippen LogP contribution in [0.4, 0.5) is 11.6 Å². The maximum atomic E-state index is 11.2. The Kier molecular flexibility index (Phi) is 4.27. The molecule has 2 rings (SSSR count). The van der Waals surface area contributed by atoms with Crippen LogP contribution in [-0.2, 0) is 9.59 Å². The van der Waals surface area contributed by atoms with Gasteiger partial charge in [0.2, 0.25) is 12.3 Å². The van der Waals surface area contributed by atoms with Crippen molar-refractivity contribution in [2.75, 3.05) is 36.4 Å². The highest BCUT2D eigenvalue weighted by atomic mass is 16.1. The van der Waals surface area contributed by atoms with Gasteiger partial charge >= 0.3 is 0 Å². The molecule has 19 heavy (non-hydrogen) atoms. The van der Waals surface area contributed by atoms with Crippen LogP contribution in [0, 0.1) is 0 Å². The average Bonchev–Trinajstić information content (AvgIpc) is 2.48. The summed E-state index contributed by atoms with van der Waals surface area (Å²) in [6.07, 6.45) is 1.28. The normalized spacial score (nSPS) is 15.2. The number of hydrogen-bond acceptors (Lipinski definition) is 5. The van der Waals surface area contributed by atoms with Gasteiger partial charge in [-0.25, -0.2) is 0 Å². The fourth-order valence-corrected chi connectivity index (χ4v) is 1.85. The number of piperazine rings is 1. The van der Waals surface area contributed by atoms with Gasteiger partial charge in [-0.2, -0.15) is 0 Å². The number of anilines is 2. The minimum Gasteiger partial charge on any atom is -0.352 e. The van der Waals surface area contributed by atoms with Gasteiger partial charge in [-0.3, -0.25) is 9.59 Å². The van der Waals surface area contributed by atoms with E-state index in [4.69, 9.17) is 0 Å². The summed E-state index contributed by atoms with van der Waals surface area (Å²) in [4.78, 5) is 25.6. The highest BCUT2D eigenvalue weighted by Gasteiger charge is 2.16. The van der Waals surface area contributed by atoms with Crippen molar-refractivity contribution >= 4 is 24.0 Å². The Bertz CT molecular complexity index is 440. The van der Waals surface area contributed by atoms with E-state index in [0.29, 0.717) is 25.3 Å². The molecular weight excluding hydrogens is 246 g/mol. The molecule has 0 unspecified atom stereocenters. The Morgan fingerprint density at radius 1 is 1.32 bits per heavy atom. The Labute approximate surface area is 111 Å². The van der Waals surface area contributed by atoms with Crippen LogP contribution in [0.3, 0.4) is 0 Å². The molecule has 0 spiro atoms. The number of nitrogens with zero attached hydrogens (tertiary/aromatic N) is 4. The van der Waals surface area contributed by atoms with Gasteiger partial charge in [-0.1, -0.05) is 6.92 Å². The molecule has 0 aromatic carbocycles. The summed E-state index contributed by atoms with van der Waals surface area (Å²) < 4.78 is 0. The maximum Gasteiger partial charge on any atom is 0.225 e. The highest BCUT2D eigenvalue weighted by Crippen LogP contribution is 2.13. The van der Waals surface area contributed by atoms with Crippen molar-refractivity contribution in [2.45, 2.75) is 13.3 Å². The lowest BCUT2D eigenvalue weighted by Crippen LogP contribution is -2.46. The zero-order valence-corrected chi connectivity index (χ0v) is 10.9. The second-order valence-corrected chi connectivity index (χ2v) is 4.31. The molecule has 1 aromatic rings. The topological polar surface area (TPSA) is 78.4 Å². The van der Waals surface area contributed by atoms with E-state index in [1.54, 1.807) is 17.9 Å². The van der Waals surface area contributed by atoms with Crippen LogP contribution < -0.4 is 10.2 Å². The standard InChI is InChI=1S/C12H17N5O2/c1-2-12(19)13-10-3-4-11(15-14-10)17-7-5-16(9-18)6-8-17/h3-4,9H,2,5-8H2,1H3,(H,13,14,19). The zero-order valence-electron chi connectivity index (χ0n) is 10.9. The van der Waals surface area contributed by atoms with E-state index in [2.05, 4.69) is 20.4 Å². The first kappa shape index (κ1) is 13.3. The summed E-state index contributed by atoms with van der Waals surface area (Å²) in [5, 5.41) is 10.7. The van der Waals surface area contributed by atoms with Gasteiger partial charge < -0.3 is 15.1 Å². The molecule has 1 aliphatic rings. The number of amides is 2. The number of rotatable bonds is 4.